The molecular weight excluding hydrogens is 713 g/mol. The van der Waals surface area contributed by atoms with E-state index in [0.717, 1.165) is 12.8 Å². The molecule has 1 heterocycles. The molecule has 2 rings (SSSR count). The van der Waals surface area contributed by atoms with E-state index >= 15 is 0 Å². The number of carbonyl (C=O) groups excluding carboxylic acids is 5. The maximum Gasteiger partial charge on any atom is 0.490 e. The summed E-state index contributed by atoms with van der Waals surface area (Å²) in [5.74, 6) is -7.97. The number of carboxylic acid groups (broad SMARTS) is 2. The molecular formula is C32H47F3N8O10. The van der Waals surface area contributed by atoms with E-state index in [1.54, 1.807) is 38.1 Å². The first-order chi connectivity index (χ1) is 24.7. The molecule has 5 amide bonds. The Morgan fingerprint density at radius 1 is 0.887 bits per heavy atom. The fraction of sp³-hybridized carbons (Fsp3) is 0.562. The minimum Gasteiger partial charge on any atom is -0.494 e. The fourth-order valence-corrected chi connectivity index (χ4v) is 4.52. The van der Waals surface area contributed by atoms with Crippen molar-refractivity contribution in [3.8, 4) is 5.75 Å². The molecule has 4 atom stereocenters. The Bertz CT molecular complexity index is 1450. The van der Waals surface area contributed by atoms with Gasteiger partial charge < -0.3 is 53.0 Å². The summed E-state index contributed by atoms with van der Waals surface area (Å²) in [7, 11) is 0. The monoisotopic (exact) mass is 760 g/mol. The van der Waals surface area contributed by atoms with Gasteiger partial charge in [0.05, 0.1) is 19.6 Å². The van der Waals surface area contributed by atoms with Crippen molar-refractivity contribution in [2.24, 2.45) is 22.4 Å². The highest BCUT2D eigenvalue weighted by Crippen LogP contribution is 2.16. The van der Waals surface area contributed by atoms with Crippen LogP contribution in [0.1, 0.15) is 58.4 Å². The second kappa shape index (κ2) is 22.3. The molecule has 1 saturated heterocycles. The topological polar surface area (TPSA) is 294 Å². The quantitative estimate of drug-likeness (QED) is 0.0685. The molecule has 0 saturated carbocycles. The summed E-state index contributed by atoms with van der Waals surface area (Å²) in [6, 6.07) is 1.84. The van der Waals surface area contributed by atoms with Gasteiger partial charge in [-0.3, -0.25) is 33.8 Å². The minimum absolute atomic E-state index is 0.0273. The number of nitrogens with two attached hydrogens (primary N) is 2. The molecule has 21 heteroatoms. The fourth-order valence-electron chi connectivity index (χ4n) is 4.52. The Kier molecular flexibility index (Phi) is 19.1. The van der Waals surface area contributed by atoms with Crippen molar-refractivity contribution in [2.75, 3.05) is 19.7 Å². The minimum atomic E-state index is -5.08. The van der Waals surface area contributed by atoms with Gasteiger partial charge in [0.25, 0.3) is 0 Å². The molecule has 1 aliphatic heterocycles. The van der Waals surface area contributed by atoms with Crippen LogP contribution in [-0.4, -0.2) is 108 Å². The zero-order valence-electron chi connectivity index (χ0n) is 29.5. The maximum atomic E-state index is 13.6. The summed E-state index contributed by atoms with van der Waals surface area (Å²) in [4.78, 5) is 90.4. The van der Waals surface area contributed by atoms with Crippen molar-refractivity contribution < 1.29 is 61.7 Å². The number of ether oxygens (including phenoxy) is 1. The van der Waals surface area contributed by atoms with Gasteiger partial charge in [-0.15, -0.1) is 0 Å². The van der Waals surface area contributed by atoms with E-state index < -0.39 is 90.7 Å². The molecule has 1 aromatic carbocycles. The third-order valence-electron chi connectivity index (χ3n) is 7.28. The van der Waals surface area contributed by atoms with Crippen molar-refractivity contribution in [3.63, 3.8) is 0 Å². The highest BCUT2D eigenvalue weighted by molar-refractivity contribution is 5.98. The molecule has 0 radical (unpaired) electrons. The van der Waals surface area contributed by atoms with Crippen LogP contribution in [0.25, 0.3) is 0 Å². The summed E-state index contributed by atoms with van der Waals surface area (Å²) in [5, 5.41) is 29.1. The molecule has 0 spiro atoms. The van der Waals surface area contributed by atoms with Gasteiger partial charge in [-0.1, -0.05) is 39.3 Å². The number of rotatable bonds is 13. The van der Waals surface area contributed by atoms with Crippen molar-refractivity contribution in [2.45, 2.75) is 89.6 Å². The van der Waals surface area contributed by atoms with Crippen LogP contribution >= 0.6 is 0 Å². The number of unbranched alkanes of at least 4 members (excludes halogenated alkanes) is 1. The Balaban J connectivity index is 0.00000181. The molecule has 53 heavy (non-hydrogen) atoms. The summed E-state index contributed by atoms with van der Waals surface area (Å²) in [6.45, 7) is 5.55. The number of carboxylic acids is 2. The van der Waals surface area contributed by atoms with Crippen LogP contribution in [0.15, 0.2) is 29.3 Å². The average Bonchev–Trinajstić information content (AvgIpc) is 3.06. The van der Waals surface area contributed by atoms with E-state index in [9.17, 15) is 47.0 Å². The molecule has 1 unspecified atom stereocenters. The Labute approximate surface area is 303 Å². The summed E-state index contributed by atoms with van der Waals surface area (Å²) in [5.41, 5.74) is 11.4. The number of hydrogen-bond donors (Lipinski definition) is 9. The van der Waals surface area contributed by atoms with Crippen LogP contribution in [0.4, 0.5) is 13.2 Å². The maximum absolute atomic E-state index is 13.6. The van der Waals surface area contributed by atoms with E-state index in [2.05, 4.69) is 31.6 Å². The normalized spacial score (nSPS) is 20.1. The van der Waals surface area contributed by atoms with E-state index in [1.165, 1.54) is 0 Å². The summed E-state index contributed by atoms with van der Waals surface area (Å²) >= 11 is 0. The molecule has 0 aromatic heterocycles. The Hall–Kier alpha value is -5.63. The van der Waals surface area contributed by atoms with Gasteiger partial charge in [0, 0.05) is 13.0 Å². The Morgan fingerprint density at radius 2 is 1.47 bits per heavy atom. The highest BCUT2D eigenvalue weighted by Gasteiger charge is 2.38. The van der Waals surface area contributed by atoms with Gasteiger partial charge in [0.1, 0.15) is 29.9 Å². The lowest BCUT2D eigenvalue weighted by molar-refractivity contribution is -0.192. The van der Waals surface area contributed by atoms with Crippen LogP contribution in [-0.2, 0) is 40.0 Å². The third kappa shape index (κ3) is 17.9. The van der Waals surface area contributed by atoms with Crippen molar-refractivity contribution in [1.29, 1.82) is 0 Å². The number of halogens is 3. The SMILES string of the molecule is CCCCOc1ccc(C[C@H]2NC(=O)[C@@H](C(C)C)NC(=O)C(CCCN=C(N)N)NC(=O)CNC(=O)[C@@H](CC(=O)O)NC2=O)cc1.O=C(O)C(F)(F)F. The predicted molar refractivity (Wildman–Crippen MR) is 182 cm³/mol. The number of aliphatic imine (C=N–C) groups is 1. The van der Waals surface area contributed by atoms with Crippen LogP contribution < -0.4 is 42.8 Å². The number of guanidine groups is 1. The first-order valence-electron chi connectivity index (χ1n) is 16.5. The molecule has 0 bridgehead atoms. The largest absolute Gasteiger partial charge is 0.494 e. The number of amides is 5. The lowest BCUT2D eigenvalue weighted by atomic mass is 9.99. The lowest BCUT2D eigenvalue weighted by Gasteiger charge is -2.27. The predicted octanol–water partition coefficient (Wildman–Crippen LogP) is -0.705. The smallest absolute Gasteiger partial charge is 0.490 e. The average molecular weight is 761 g/mol. The van der Waals surface area contributed by atoms with Gasteiger partial charge in [-0.2, -0.15) is 13.2 Å². The van der Waals surface area contributed by atoms with Crippen molar-refractivity contribution in [3.05, 3.63) is 29.8 Å². The lowest BCUT2D eigenvalue weighted by Crippen LogP contribution is -2.59. The number of nitrogens with zero attached hydrogens (tertiary/aromatic N) is 1. The van der Waals surface area contributed by atoms with Gasteiger partial charge >= 0.3 is 18.1 Å². The number of alkyl halides is 3. The van der Waals surface area contributed by atoms with Crippen molar-refractivity contribution in [1.82, 2.24) is 26.6 Å². The summed E-state index contributed by atoms with van der Waals surface area (Å²) in [6.07, 6.45) is -3.65. The number of carbonyl (C=O) groups is 7. The zero-order chi connectivity index (χ0) is 40.3. The van der Waals surface area contributed by atoms with Crippen LogP contribution in [0.5, 0.6) is 5.75 Å². The van der Waals surface area contributed by atoms with E-state index in [4.69, 9.17) is 26.1 Å². The summed E-state index contributed by atoms with van der Waals surface area (Å²) < 4.78 is 37.4. The molecule has 0 aliphatic carbocycles. The van der Waals surface area contributed by atoms with E-state index in [-0.39, 0.29) is 25.3 Å². The highest BCUT2D eigenvalue weighted by atomic mass is 19.4. The molecule has 1 aromatic rings. The number of aliphatic carboxylic acids is 2. The molecule has 11 N–H and O–H groups in total. The second-order valence-corrected chi connectivity index (χ2v) is 12.1. The standard InChI is InChI=1S/C30H46N8O8.C2HF3O2/c1-4-5-13-46-19-10-8-18(9-11-19)14-21-28(44)36-22(15-24(40)41)26(42)34-16-23(39)35-20(7-6-12-33-30(31)32)27(43)38-25(17(2)3)29(45)37-21;3-2(4,5)1(6)7/h8-11,17,20-22,25H,4-7,12-16H2,1-3H3,(H,34,42)(H,35,39)(H,36,44)(H,37,45)(H,38,43)(H,40,41)(H4,31,32,33);(H,6,7)/t20?,21-,22-,25-;/m1./s1. The second-order valence-electron chi connectivity index (χ2n) is 12.1. The third-order valence-corrected chi connectivity index (χ3v) is 7.28. The first-order valence-corrected chi connectivity index (χ1v) is 16.5. The molecule has 296 valence electrons. The van der Waals surface area contributed by atoms with E-state index in [1.807, 2.05) is 6.92 Å². The van der Waals surface area contributed by atoms with Crippen LogP contribution in [0.2, 0.25) is 0 Å². The number of nitrogens with one attached hydrogen (secondary N) is 5. The Morgan fingerprint density at radius 3 is 2.00 bits per heavy atom. The van der Waals surface area contributed by atoms with Gasteiger partial charge in [-0.05, 0) is 42.9 Å². The van der Waals surface area contributed by atoms with Gasteiger partial charge in [-0.25, -0.2) is 4.79 Å². The van der Waals surface area contributed by atoms with E-state index in [0.29, 0.717) is 24.3 Å². The zero-order valence-corrected chi connectivity index (χ0v) is 29.5. The van der Waals surface area contributed by atoms with Gasteiger partial charge in [0.15, 0.2) is 5.96 Å². The number of benzene rings is 1. The van der Waals surface area contributed by atoms with Crippen molar-refractivity contribution >= 4 is 47.4 Å². The van der Waals surface area contributed by atoms with Crippen LogP contribution in [0, 0.1) is 5.92 Å². The number of hydrogen-bond acceptors (Lipinski definition) is 9. The first kappa shape index (κ1) is 45.4. The molecule has 18 nitrogen and oxygen atoms in total. The van der Waals surface area contributed by atoms with Gasteiger partial charge in [0.2, 0.25) is 29.5 Å². The van der Waals surface area contributed by atoms with Crippen LogP contribution in [0.3, 0.4) is 0 Å². The molecule has 1 aliphatic rings. The molecule has 1 fully saturated rings.